The van der Waals surface area contributed by atoms with Gasteiger partial charge >= 0.3 is 0 Å². The number of aromatic hydroxyl groups is 2. The van der Waals surface area contributed by atoms with E-state index < -0.39 is 9.85 Å². The molecule has 0 unspecified atom stereocenters. The number of hydrogen-bond acceptors (Lipinski definition) is 8. The number of nitrogens with zero attached hydrogens (tertiary/aromatic N) is 4. The second kappa shape index (κ2) is 11.9. The van der Waals surface area contributed by atoms with Crippen molar-refractivity contribution in [1.29, 1.82) is 0 Å². The first-order chi connectivity index (χ1) is 22.1. The van der Waals surface area contributed by atoms with Crippen LogP contribution >= 0.6 is 0 Å². The highest BCUT2D eigenvalue weighted by Gasteiger charge is 2.19. The number of non-ortho nitro benzene ring substituents is 2. The fraction of sp³-hybridized carbons (Fsp3) is 0.0556. The average Bonchev–Trinajstić information content (AvgIpc) is 3.05. The number of rotatable bonds is 7. The molecule has 0 saturated heterocycles. The van der Waals surface area contributed by atoms with Gasteiger partial charge in [-0.3, -0.25) is 30.2 Å². The molecule has 226 valence electrons. The first-order valence-corrected chi connectivity index (χ1v) is 14.2. The Hall–Kier alpha value is -6.42. The lowest BCUT2D eigenvalue weighted by Crippen LogP contribution is -1.94. The maximum atomic E-state index is 11.5. The highest BCUT2D eigenvalue weighted by Crippen LogP contribution is 2.46. The van der Waals surface area contributed by atoms with Crippen LogP contribution in [0, 0.1) is 34.1 Å². The molecule has 6 aromatic rings. The monoisotopic (exact) mass is 610 g/mol. The van der Waals surface area contributed by atoms with Gasteiger partial charge in [0.05, 0.1) is 21.2 Å². The summed E-state index contributed by atoms with van der Waals surface area (Å²) in [6.07, 6.45) is 2.81. The molecule has 0 aliphatic carbocycles. The Morgan fingerprint density at radius 1 is 0.587 bits per heavy atom. The van der Waals surface area contributed by atoms with Crippen LogP contribution in [0.4, 0.5) is 22.7 Å². The lowest BCUT2D eigenvalue weighted by Gasteiger charge is -2.16. The van der Waals surface area contributed by atoms with E-state index in [1.54, 1.807) is 13.8 Å². The summed E-state index contributed by atoms with van der Waals surface area (Å²) >= 11 is 0. The van der Waals surface area contributed by atoms with E-state index in [2.05, 4.69) is 0 Å². The number of hydrogen-bond donors (Lipinski definition) is 2. The van der Waals surface area contributed by atoms with Gasteiger partial charge in [-0.15, -0.1) is 0 Å². The molecular formula is C36H26N4O6. The predicted octanol–water partition coefficient (Wildman–Crippen LogP) is 9.01. The van der Waals surface area contributed by atoms with Gasteiger partial charge in [-0.1, -0.05) is 60.7 Å². The molecule has 0 radical (unpaired) electrons. The summed E-state index contributed by atoms with van der Waals surface area (Å²) in [5.74, 6) is -0.224. The summed E-state index contributed by atoms with van der Waals surface area (Å²) < 4.78 is 0. The molecule has 0 aliphatic rings. The smallest absolute Gasteiger partial charge is 0.270 e. The summed E-state index contributed by atoms with van der Waals surface area (Å²) in [7, 11) is 0. The van der Waals surface area contributed by atoms with Gasteiger partial charge in [0.15, 0.2) is 0 Å². The lowest BCUT2D eigenvalue weighted by atomic mass is 9.91. The highest BCUT2D eigenvalue weighted by molar-refractivity contribution is 6.13. The Morgan fingerprint density at radius 2 is 0.978 bits per heavy atom. The Morgan fingerprint density at radius 3 is 1.37 bits per heavy atom. The molecular weight excluding hydrogens is 584 g/mol. The fourth-order valence-corrected chi connectivity index (χ4v) is 5.52. The Bertz CT molecular complexity index is 2120. The Labute approximate surface area is 262 Å². The van der Waals surface area contributed by atoms with Crippen LogP contribution in [0.25, 0.3) is 32.7 Å². The second-order valence-electron chi connectivity index (χ2n) is 10.8. The number of phenols is 2. The maximum Gasteiger partial charge on any atom is 0.270 e. The molecule has 0 atom stereocenters. The molecule has 10 nitrogen and oxygen atoms in total. The Balaban J connectivity index is 1.61. The highest BCUT2D eigenvalue weighted by atomic mass is 16.6. The van der Waals surface area contributed by atoms with E-state index in [0.717, 1.165) is 32.7 Å². The van der Waals surface area contributed by atoms with Crippen LogP contribution in [-0.2, 0) is 0 Å². The molecule has 0 spiro atoms. The molecule has 0 heterocycles. The van der Waals surface area contributed by atoms with Crippen LogP contribution in [0.15, 0.2) is 107 Å². The van der Waals surface area contributed by atoms with Gasteiger partial charge in [0.2, 0.25) is 0 Å². The third-order valence-electron chi connectivity index (χ3n) is 7.80. The van der Waals surface area contributed by atoms with Crippen molar-refractivity contribution in [2.75, 3.05) is 0 Å². The van der Waals surface area contributed by atoms with Gasteiger partial charge in [-0.2, -0.15) is 0 Å². The van der Waals surface area contributed by atoms with Crippen molar-refractivity contribution in [2.24, 2.45) is 9.98 Å². The average molecular weight is 611 g/mol. The first-order valence-electron chi connectivity index (χ1n) is 14.2. The van der Waals surface area contributed by atoms with E-state index in [0.29, 0.717) is 22.5 Å². The topological polar surface area (TPSA) is 151 Å². The number of phenolic OH excluding ortho intramolecular Hbond substituents is 2. The van der Waals surface area contributed by atoms with Crippen LogP contribution < -0.4 is 0 Å². The van der Waals surface area contributed by atoms with Gasteiger partial charge in [-0.05, 0) is 58.7 Å². The van der Waals surface area contributed by atoms with E-state index in [-0.39, 0.29) is 34.0 Å². The number of nitro benzene ring substituents is 2. The molecule has 0 bridgehead atoms. The minimum atomic E-state index is -0.522. The van der Waals surface area contributed by atoms with Crippen molar-refractivity contribution in [1.82, 2.24) is 0 Å². The third kappa shape index (κ3) is 5.50. The molecule has 46 heavy (non-hydrogen) atoms. The Kier molecular flexibility index (Phi) is 7.69. The van der Waals surface area contributed by atoms with Crippen molar-refractivity contribution >= 4 is 56.7 Å². The van der Waals surface area contributed by atoms with E-state index in [4.69, 9.17) is 9.98 Å². The summed E-state index contributed by atoms with van der Waals surface area (Å²) in [5, 5.41) is 48.0. The van der Waals surface area contributed by atoms with Crippen LogP contribution in [0.2, 0.25) is 0 Å². The summed E-state index contributed by atoms with van der Waals surface area (Å²) in [4.78, 5) is 31.5. The third-order valence-corrected chi connectivity index (χ3v) is 7.80. The van der Waals surface area contributed by atoms with Crippen molar-refractivity contribution in [3.05, 3.63) is 140 Å². The summed E-state index contributed by atoms with van der Waals surface area (Å²) in [6.45, 7) is 3.17. The van der Waals surface area contributed by atoms with E-state index in [1.807, 2.05) is 72.8 Å². The number of benzene rings is 6. The molecule has 6 rings (SSSR count). The van der Waals surface area contributed by atoms with E-state index in [9.17, 15) is 30.4 Å². The number of aliphatic imine (C=N–C) groups is 2. The number of nitro groups is 2. The van der Waals surface area contributed by atoms with Gasteiger partial charge in [0.1, 0.15) is 11.5 Å². The molecule has 10 heteroatoms. The van der Waals surface area contributed by atoms with Gasteiger partial charge in [-0.25, -0.2) is 0 Å². The first kappa shape index (κ1) is 29.6. The minimum absolute atomic E-state index is 0.112. The van der Waals surface area contributed by atoms with Gasteiger partial charge in [0.25, 0.3) is 11.4 Å². The number of aryl methyl sites for hydroxylation is 2. The van der Waals surface area contributed by atoms with E-state index >= 15 is 0 Å². The van der Waals surface area contributed by atoms with Gasteiger partial charge in [0, 0.05) is 58.9 Å². The van der Waals surface area contributed by atoms with Crippen LogP contribution in [0.5, 0.6) is 11.5 Å². The van der Waals surface area contributed by atoms with Gasteiger partial charge < -0.3 is 10.2 Å². The standard InChI is InChI=1S/C36H26N4O6/c1-21-15-27(39(43)44)17-25(35(21)41)19-37-31-13-11-23-7-3-5-9-29(23)33(31)34-30-10-6-4-8-24(30)12-14-32(34)38-20-26-18-28(40(45)46)16-22(2)36(26)42/h3-20,41-42H,1-2H3. The fourth-order valence-electron chi connectivity index (χ4n) is 5.52. The number of fused-ring (bicyclic) bond motifs is 2. The second-order valence-corrected chi connectivity index (χ2v) is 10.8. The minimum Gasteiger partial charge on any atom is -0.507 e. The van der Waals surface area contributed by atoms with Crippen LogP contribution in [0.3, 0.4) is 0 Å². The maximum absolute atomic E-state index is 11.5. The van der Waals surface area contributed by atoms with Crippen molar-refractivity contribution < 1.29 is 20.1 Å². The van der Waals surface area contributed by atoms with E-state index in [1.165, 1.54) is 36.7 Å². The largest absolute Gasteiger partial charge is 0.507 e. The normalized spacial score (nSPS) is 11.6. The zero-order chi connectivity index (χ0) is 32.5. The van der Waals surface area contributed by atoms with Crippen molar-refractivity contribution in [3.8, 4) is 22.6 Å². The lowest BCUT2D eigenvalue weighted by molar-refractivity contribution is -0.385. The molecule has 2 N–H and O–H groups in total. The molecule has 0 amide bonds. The molecule has 0 aliphatic heterocycles. The molecule has 0 aromatic heterocycles. The molecule has 6 aromatic carbocycles. The SMILES string of the molecule is Cc1cc([N+](=O)[O-])cc(C=Nc2ccc3ccccc3c2-c2c(N=Cc3cc([N+](=O)[O-])cc(C)c3O)ccc3ccccc23)c1O. The van der Waals surface area contributed by atoms with Crippen LogP contribution in [-0.4, -0.2) is 32.5 Å². The summed E-state index contributed by atoms with van der Waals surface area (Å²) in [5.41, 5.74) is 3.23. The van der Waals surface area contributed by atoms with Crippen molar-refractivity contribution in [3.63, 3.8) is 0 Å². The summed E-state index contributed by atoms with van der Waals surface area (Å²) in [6, 6.07) is 28.2. The van der Waals surface area contributed by atoms with Crippen molar-refractivity contribution in [2.45, 2.75) is 13.8 Å². The molecule has 0 saturated carbocycles. The molecule has 0 fully saturated rings. The quantitative estimate of drug-likeness (QED) is 0.105. The zero-order valence-electron chi connectivity index (χ0n) is 24.7. The zero-order valence-corrected chi connectivity index (χ0v) is 24.7. The predicted molar refractivity (Wildman–Crippen MR) is 180 cm³/mol. The van der Waals surface area contributed by atoms with Crippen LogP contribution in [0.1, 0.15) is 22.3 Å².